The van der Waals surface area contributed by atoms with Crippen LogP contribution in [0.25, 0.3) is 0 Å². The first-order valence-corrected chi connectivity index (χ1v) is 5.03. The Balaban J connectivity index is 2.14. The molecule has 0 amide bonds. The van der Waals surface area contributed by atoms with Crippen LogP contribution in [0.15, 0.2) is 4.42 Å². The van der Waals surface area contributed by atoms with E-state index < -0.39 is 0 Å². The predicted molar refractivity (Wildman–Crippen MR) is 52.6 cm³/mol. The number of methoxy groups -OCH3 is 1. The molecular weight excluding hydrogens is 180 g/mol. The lowest BCUT2D eigenvalue weighted by molar-refractivity contribution is 0.275. The Kier molecular flexibility index (Phi) is 2.72. The van der Waals surface area contributed by atoms with Crippen LogP contribution in [0.5, 0.6) is 5.95 Å². The van der Waals surface area contributed by atoms with Gasteiger partial charge in [0.1, 0.15) is 5.69 Å². The number of hydrogen-bond donors (Lipinski definition) is 1. The topological polar surface area (TPSA) is 47.3 Å². The lowest BCUT2D eigenvalue weighted by Crippen LogP contribution is -2.28. The van der Waals surface area contributed by atoms with Crippen molar-refractivity contribution in [3.8, 4) is 5.95 Å². The number of nitrogens with zero attached hydrogens (tertiary/aromatic N) is 1. The highest BCUT2D eigenvalue weighted by molar-refractivity contribution is 5.15. The van der Waals surface area contributed by atoms with Crippen LogP contribution in [-0.2, 0) is 0 Å². The molecule has 4 nitrogen and oxygen atoms in total. The van der Waals surface area contributed by atoms with Crippen LogP contribution < -0.4 is 10.1 Å². The average Bonchev–Trinajstić information content (AvgIpc) is 2.61. The Bertz CT molecular complexity index is 303. The summed E-state index contributed by atoms with van der Waals surface area (Å²) in [4.78, 5) is 4.37. The molecule has 1 aliphatic heterocycles. The van der Waals surface area contributed by atoms with Gasteiger partial charge in [0.25, 0.3) is 0 Å². The Labute approximate surface area is 83.7 Å². The highest BCUT2D eigenvalue weighted by Gasteiger charge is 2.21. The highest BCUT2D eigenvalue weighted by atomic mass is 16.6. The van der Waals surface area contributed by atoms with Gasteiger partial charge in [0.05, 0.1) is 7.11 Å². The molecule has 1 atom stereocenters. The molecule has 1 aromatic rings. The Morgan fingerprint density at radius 2 is 2.43 bits per heavy atom. The first kappa shape index (κ1) is 9.52. The van der Waals surface area contributed by atoms with Gasteiger partial charge >= 0.3 is 5.95 Å². The molecule has 0 bridgehead atoms. The van der Waals surface area contributed by atoms with E-state index in [-0.39, 0.29) is 0 Å². The van der Waals surface area contributed by atoms with Crippen molar-refractivity contribution in [2.75, 3.05) is 20.2 Å². The van der Waals surface area contributed by atoms with Gasteiger partial charge in [-0.25, -0.2) is 4.98 Å². The van der Waals surface area contributed by atoms with Crippen LogP contribution in [0.3, 0.4) is 0 Å². The standard InChI is InChI=1S/C10H16N2O2/c1-7-10(13-2)14-9(12-7)8-4-3-5-11-6-8/h8,11H,3-6H2,1-2H3. The summed E-state index contributed by atoms with van der Waals surface area (Å²) in [6.07, 6.45) is 2.34. The maximum Gasteiger partial charge on any atom is 0.307 e. The van der Waals surface area contributed by atoms with E-state index in [1.807, 2.05) is 6.92 Å². The smallest absolute Gasteiger partial charge is 0.307 e. The minimum absolute atomic E-state index is 0.409. The molecule has 2 rings (SSSR count). The zero-order valence-electron chi connectivity index (χ0n) is 8.67. The summed E-state index contributed by atoms with van der Waals surface area (Å²) < 4.78 is 10.6. The van der Waals surface area contributed by atoms with Gasteiger partial charge in [-0.3, -0.25) is 0 Å². The summed E-state index contributed by atoms with van der Waals surface area (Å²) in [5.41, 5.74) is 0.841. The molecular formula is C10H16N2O2. The van der Waals surface area contributed by atoms with Crippen molar-refractivity contribution in [3.63, 3.8) is 0 Å². The lowest BCUT2D eigenvalue weighted by Gasteiger charge is -2.19. The van der Waals surface area contributed by atoms with E-state index in [1.54, 1.807) is 7.11 Å². The molecule has 4 heteroatoms. The largest absolute Gasteiger partial charge is 0.467 e. The van der Waals surface area contributed by atoms with Crippen LogP contribution in [0.4, 0.5) is 0 Å². The minimum Gasteiger partial charge on any atom is -0.467 e. The molecule has 1 aromatic heterocycles. The first-order chi connectivity index (χ1) is 6.81. The molecule has 0 aromatic carbocycles. The molecule has 2 heterocycles. The number of oxazole rings is 1. The zero-order chi connectivity index (χ0) is 9.97. The molecule has 1 N–H and O–H groups in total. The molecule has 0 radical (unpaired) electrons. The fourth-order valence-electron chi connectivity index (χ4n) is 1.83. The van der Waals surface area contributed by atoms with E-state index in [1.165, 1.54) is 6.42 Å². The Hall–Kier alpha value is -1.03. The second-order valence-electron chi connectivity index (χ2n) is 3.67. The predicted octanol–water partition coefficient (Wildman–Crippen LogP) is 1.46. The number of piperidine rings is 1. The van der Waals surface area contributed by atoms with Crippen molar-refractivity contribution in [1.29, 1.82) is 0 Å². The van der Waals surface area contributed by atoms with Crippen LogP contribution in [0.2, 0.25) is 0 Å². The second kappa shape index (κ2) is 4.00. The summed E-state index contributed by atoms with van der Waals surface area (Å²) in [5.74, 6) is 1.77. The average molecular weight is 196 g/mol. The molecule has 0 saturated carbocycles. The second-order valence-corrected chi connectivity index (χ2v) is 3.67. The fraction of sp³-hybridized carbons (Fsp3) is 0.700. The van der Waals surface area contributed by atoms with E-state index in [2.05, 4.69) is 10.3 Å². The van der Waals surface area contributed by atoms with Crippen LogP contribution in [-0.4, -0.2) is 25.2 Å². The normalized spacial score (nSPS) is 22.3. The molecule has 14 heavy (non-hydrogen) atoms. The van der Waals surface area contributed by atoms with Crippen LogP contribution >= 0.6 is 0 Å². The lowest BCUT2D eigenvalue weighted by atomic mass is 10.00. The van der Waals surface area contributed by atoms with Gasteiger partial charge in [-0.1, -0.05) is 0 Å². The summed E-state index contributed by atoms with van der Waals surface area (Å²) in [5, 5.41) is 3.34. The van der Waals surface area contributed by atoms with E-state index in [4.69, 9.17) is 9.15 Å². The van der Waals surface area contributed by atoms with Crippen molar-refractivity contribution in [2.45, 2.75) is 25.7 Å². The monoisotopic (exact) mass is 196 g/mol. The number of ether oxygens (including phenoxy) is 1. The van der Waals surface area contributed by atoms with Crippen LogP contribution in [0, 0.1) is 6.92 Å². The minimum atomic E-state index is 0.409. The van der Waals surface area contributed by atoms with Crippen molar-refractivity contribution in [2.24, 2.45) is 0 Å². The van der Waals surface area contributed by atoms with E-state index in [0.717, 1.165) is 31.1 Å². The summed E-state index contributed by atoms with van der Waals surface area (Å²) in [6, 6.07) is 0. The Morgan fingerprint density at radius 1 is 1.57 bits per heavy atom. The molecule has 78 valence electrons. The molecule has 1 aliphatic rings. The van der Waals surface area contributed by atoms with Crippen molar-refractivity contribution in [3.05, 3.63) is 11.6 Å². The highest BCUT2D eigenvalue weighted by Crippen LogP contribution is 2.27. The van der Waals surface area contributed by atoms with Crippen molar-refractivity contribution in [1.82, 2.24) is 10.3 Å². The summed E-state index contributed by atoms with van der Waals surface area (Å²) in [7, 11) is 1.61. The molecule has 0 spiro atoms. The maximum absolute atomic E-state index is 5.53. The van der Waals surface area contributed by atoms with Gasteiger partial charge in [0.2, 0.25) is 5.89 Å². The maximum atomic E-state index is 5.53. The van der Waals surface area contributed by atoms with Crippen LogP contribution in [0.1, 0.15) is 30.3 Å². The van der Waals surface area contributed by atoms with Crippen molar-refractivity contribution >= 4 is 0 Å². The molecule has 1 fully saturated rings. The SMILES string of the molecule is COc1oc(C2CCCNC2)nc1C. The van der Waals surface area contributed by atoms with E-state index >= 15 is 0 Å². The van der Waals surface area contributed by atoms with Gasteiger partial charge in [-0.05, 0) is 26.3 Å². The number of hydrogen-bond acceptors (Lipinski definition) is 4. The van der Waals surface area contributed by atoms with Crippen molar-refractivity contribution < 1.29 is 9.15 Å². The fourth-order valence-corrected chi connectivity index (χ4v) is 1.83. The third-order valence-corrected chi connectivity index (χ3v) is 2.60. The zero-order valence-corrected chi connectivity index (χ0v) is 8.67. The number of rotatable bonds is 2. The van der Waals surface area contributed by atoms with Gasteiger partial charge in [0.15, 0.2) is 0 Å². The molecule has 1 unspecified atom stereocenters. The van der Waals surface area contributed by atoms with E-state index in [9.17, 15) is 0 Å². The quantitative estimate of drug-likeness (QED) is 0.778. The molecule has 0 aliphatic carbocycles. The third kappa shape index (κ3) is 1.75. The molecule has 1 saturated heterocycles. The van der Waals surface area contributed by atoms with Gasteiger partial charge < -0.3 is 14.5 Å². The number of aromatic nitrogens is 1. The summed E-state index contributed by atoms with van der Waals surface area (Å²) >= 11 is 0. The summed E-state index contributed by atoms with van der Waals surface area (Å²) in [6.45, 7) is 3.97. The number of aryl methyl sites for hydroxylation is 1. The first-order valence-electron chi connectivity index (χ1n) is 5.03. The van der Waals surface area contributed by atoms with Gasteiger partial charge in [0, 0.05) is 12.5 Å². The Morgan fingerprint density at radius 3 is 3.00 bits per heavy atom. The van der Waals surface area contributed by atoms with E-state index in [0.29, 0.717) is 11.9 Å². The number of nitrogens with one attached hydrogen (secondary N) is 1. The third-order valence-electron chi connectivity index (χ3n) is 2.60. The van der Waals surface area contributed by atoms with Gasteiger partial charge in [-0.15, -0.1) is 0 Å². The van der Waals surface area contributed by atoms with Gasteiger partial charge in [-0.2, -0.15) is 0 Å².